The molecule has 0 unspecified atom stereocenters. The van der Waals surface area contributed by atoms with Crippen LogP contribution in [0.25, 0.3) is 0 Å². The van der Waals surface area contributed by atoms with Crippen molar-refractivity contribution in [3.05, 3.63) is 59.2 Å². The van der Waals surface area contributed by atoms with Crippen molar-refractivity contribution in [3.63, 3.8) is 0 Å². The van der Waals surface area contributed by atoms with E-state index in [1.807, 2.05) is 39.0 Å². The summed E-state index contributed by atoms with van der Waals surface area (Å²) in [5.74, 6) is -0.256. The molecule has 5 nitrogen and oxygen atoms in total. The fraction of sp³-hybridized carbons (Fsp3) is 0.435. The molecule has 0 saturated heterocycles. The van der Waals surface area contributed by atoms with Gasteiger partial charge in [-0.15, -0.1) is 0 Å². The topological polar surface area (TPSA) is 66.5 Å². The molecule has 0 heterocycles. The average Bonchev–Trinajstić information content (AvgIpc) is 2.69. The Bertz CT molecular complexity index is 962. The van der Waals surface area contributed by atoms with E-state index in [0.29, 0.717) is 5.69 Å². The monoisotopic (exact) mass is 414 g/mol. The number of nitrogens with one attached hydrogen (secondary N) is 1. The van der Waals surface area contributed by atoms with Crippen LogP contribution in [0.4, 0.5) is 5.69 Å². The van der Waals surface area contributed by atoms with Gasteiger partial charge >= 0.3 is 0 Å². The van der Waals surface area contributed by atoms with Crippen molar-refractivity contribution < 1.29 is 13.2 Å². The molecule has 2 aromatic carbocycles. The van der Waals surface area contributed by atoms with Gasteiger partial charge in [0.2, 0.25) is 5.91 Å². The summed E-state index contributed by atoms with van der Waals surface area (Å²) in [4.78, 5) is 13.0. The number of sulfonamides is 1. The predicted octanol–water partition coefficient (Wildman–Crippen LogP) is 4.26. The Morgan fingerprint density at radius 1 is 0.966 bits per heavy atom. The van der Waals surface area contributed by atoms with Crippen LogP contribution in [0.5, 0.6) is 0 Å². The maximum atomic E-state index is 13.5. The summed E-state index contributed by atoms with van der Waals surface area (Å²) in [7, 11) is -3.87. The van der Waals surface area contributed by atoms with E-state index in [4.69, 9.17) is 0 Å². The van der Waals surface area contributed by atoms with Gasteiger partial charge in [-0.1, -0.05) is 49.1 Å². The van der Waals surface area contributed by atoms with Crippen molar-refractivity contribution in [2.75, 3.05) is 10.8 Å². The highest BCUT2D eigenvalue weighted by Crippen LogP contribution is 2.28. The summed E-state index contributed by atoms with van der Waals surface area (Å²) >= 11 is 0. The van der Waals surface area contributed by atoms with Crippen molar-refractivity contribution in [3.8, 4) is 0 Å². The number of aryl methyl sites for hydroxylation is 3. The Morgan fingerprint density at radius 3 is 2.24 bits per heavy atom. The number of anilines is 1. The molecule has 29 heavy (non-hydrogen) atoms. The van der Waals surface area contributed by atoms with Crippen molar-refractivity contribution in [2.45, 2.75) is 63.8 Å². The molecule has 1 fully saturated rings. The number of nitrogens with zero attached hydrogens (tertiary/aromatic N) is 1. The second-order valence-electron chi connectivity index (χ2n) is 8.02. The fourth-order valence-corrected chi connectivity index (χ4v) is 5.25. The number of hydrogen-bond acceptors (Lipinski definition) is 3. The molecule has 1 saturated carbocycles. The molecule has 156 valence electrons. The molecule has 1 N–H and O–H groups in total. The standard InChI is InChI=1S/C23H30N2O3S/c1-17-10-13-21(14-11-17)29(27,28)25(22-15-18(2)9-12-19(22)3)16-23(26)24-20-7-5-4-6-8-20/h9-15,20H,4-8,16H2,1-3H3,(H,24,26). The van der Waals surface area contributed by atoms with Crippen LogP contribution in [0.2, 0.25) is 0 Å². The maximum Gasteiger partial charge on any atom is 0.264 e. The van der Waals surface area contributed by atoms with E-state index in [1.165, 1.54) is 10.7 Å². The Kier molecular flexibility index (Phi) is 6.63. The highest BCUT2D eigenvalue weighted by Gasteiger charge is 2.29. The van der Waals surface area contributed by atoms with Crippen LogP contribution in [0.3, 0.4) is 0 Å². The first kappa shape index (κ1) is 21.4. The van der Waals surface area contributed by atoms with Crippen LogP contribution in [-0.4, -0.2) is 26.9 Å². The van der Waals surface area contributed by atoms with Gasteiger partial charge in [0, 0.05) is 6.04 Å². The first-order valence-corrected chi connectivity index (χ1v) is 11.7. The summed E-state index contributed by atoms with van der Waals surface area (Å²) in [6, 6.07) is 12.5. The lowest BCUT2D eigenvalue weighted by Crippen LogP contribution is -2.45. The number of hydrogen-bond donors (Lipinski definition) is 1. The van der Waals surface area contributed by atoms with Crippen LogP contribution in [-0.2, 0) is 14.8 Å². The first-order chi connectivity index (χ1) is 13.8. The van der Waals surface area contributed by atoms with Gasteiger partial charge in [0.15, 0.2) is 0 Å². The molecule has 0 aromatic heterocycles. The molecule has 1 amide bonds. The minimum atomic E-state index is -3.87. The SMILES string of the molecule is Cc1ccc(S(=O)(=O)N(CC(=O)NC2CCCCC2)c2cc(C)ccc2C)cc1. The molecule has 3 rings (SSSR count). The summed E-state index contributed by atoms with van der Waals surface area (Å²) in [6.07, 6.45) is 5.32. The van der Waals surface area contributed by atoms with Gasteiger partial charge in [-0.05, 0) is 62.9 Å². The summed E-state index contributed by atoms with van der Waals surface area (Å²) in [5, 5.41) is 3.04. The normalized spacial score (nSPS) is 15.1. The smallest absolute Gasteiger partial charge is 0.264 e. The van der Waals surface area contributed by atoms with Crippen molar-refractivity contribution in [2.24, 2.45) is 0 Å². The number of benzene rings is 2. The molecule has 0 radical (unpaired) electrons. The maximum absolute atomic E-state index is 13.5. The van der Waals surface area contributed by atoms with E-state index in [9.17, 15) is 13.2 Å². The third-order valence-corrected chi connectivity index (χ3v) is 7.27. The number of carbonyl (C=O) groups excluding carboxylic acids is 1. The zero-order valence-electron chi connectivity index (χ0n) is 17.4. The third kappa shape index (κ3) is 5.18. The third-order valence-electron chi connectivity index (χ3n) is 5.50. The van der Waals surface area contributed by atoms with Gasteiger partial charge < -0.3 is 5.32 Å². The van der Waals surface area contributed by atoms with E-state index in [1.54, 1.807) is 24.3 Å². The van der Waals surface area contributed by atoms with Crippen LogP contribution >= 0.6 is 0 Å². The average molecular weight is 415 g/mol. The Balaban J connectivity index is 1.94. The van der Waals surface area contributed by atoms with Crippen LogP contribution in [0.15, 0.2) is 47.4 Å². The van der Waals surface area contributed by atoms with E-state index < -0.39 is 10.0 Å². The van der Waals surface area contributed by atoms with Gasteiger partial charge in [0.1, 0.15) is 6.54 Å². The van der Waals surface area contributed by atoms with Crippen molar-refractivity contribution in [1.29, 1.82) is 0 Å². The second-order valence-corrected chi connectivity index (χ2v) is 9.88. The summed E-state index contributed by atoms with van der Waals surface area (Å²) < 4.78 is 28.2. The second kappa shape index (κ2) is 8.99. The molecule has 0 atom stereocenters. The molecule has 6 heteroatoms. The summed E-state index contributed by atoms with van der Waals surface area (Å²) in [5.41, 5.74) is 3.29. The van der Waals surface area contributed by atoms with Crippen LogP contribution in [0, 0.1) is 20.8 Å². The molecule has 0 bridgehead atoms. The van der Waals surface area contributed by atoms with Crippen molar-refractivity contribution in [1.82, 2.24) is 5.32 Å². The van der Waals surface area contributed by atoms with E-state index in [0.717, 1.165) is 42.4 Å². The molecule has 2 aromatic rings. The fourth-order valence-electron chi connectivity index (χ4n) is 3.78. The lowest BCUT2D eigenvalue weighted by atomic mass is 9.95. The highest BCUT2D eigenvalue weighted by atomic mass is 32.2. The van der Waals surface area contributed by atoms with Crippen LogP contribution < -0.4 is 9.62 Å². The lowest BCUT2D eigenvalue weighted by Gasteiger charge is -2.28. The van der Waals surface area contributed by atoms with Gasteiger partial charge in [-0.25, -0.2) is 8.42 Å². The molecule has 1 aliphatic rings. The Morgan fingerprint density at radius 2 is 1.59 bits per heavy atom. The molecule has 1 aliphatic carbocycles. The summed E-state index contributed by atoms with van der Waals surface area (Å²) in [6.45, 7) is 5.47. The van der Waals surface area contributed by atoms with E-state index in [-0.39, 0.29) is 23.4 Å². The molecule has 0 spiro atoms. The Hall–Kier alpha value is -2.34. The predicted molar refractivity (Wildman–Crippen MR) is 117 cm³/mol. The van der Waals surface area contributed by atoms with Crippen LogP contribution in [0.1, 0.15) is 48.8 Å². The molecular weight excluding hydrogens is 384 g/mol. The van der Waals surface area contributed by atoms with E-state index >= 15 is 0 Å². The Labute approximate surface area is 174 Å². The van der Waals surface area contributed by atoms with Gasteiger partial charge in [-0.2, -0.15) is 0 Å². The number of amides is 1. The zero-order valence-corrected chi connectivity index (χ0v) is 18.3. The number of carbonyl (C=O) groups is 1. The van der Waals surface area contributed by atoms with Gasteiger partial charge in [0.05, 0.1) is 10.6 Å². The highest BCUT2D eigenvalue weighted by molar-refractivity contribution is 7.92. The van der Waals surface area contributed by atoms with Gasteiger partial charge in [0.25, 0.3) is 10.0 Å². The first-order valence-electron chi connectivity index (χ1n) is 10.2. The number of rotatable bonds is 6. The quantitative estimate of drug-likeness (QED) is 0.768. The molecular formula is C23H30N2O3S. The van der Waals surface area contributed by atoms with Crippen molar-refractivity contribution >= 4 is 21.6 Å². The zero-order chi connectivity index (χ0) is 21.0. The van der Waals surface area contributed by atoms with Gasteiger partial charge in [-0.3, -0.25) is 9.10 Å². The minimum absolute atomic E-state index is 0.138. The van der Waals surface area contributed by atoms with E-state index in [2.05, 4.69) is 5.32 Å². The lowest BCUT2D eigenvalue weighted by molar-refractivity contribution is -0.120. The molecule has 0 aliphatic heterocycles. The largest absolute Gasteiger partial charge is 0.352 e. The minimum Gasteiger partial charge on any atom is -0.352 e.